The van der Waals surface area contributed by atoms with Crippen LogP contribution in [0.5, 0.6) is 0 Å². The van der Waals surface area contributed by atoms with E-state index in [1.165, 1.54) is 22.3 Å². The third-order valence-corrected chi connectivity index (χ3v) is 3.37. The van der Waals surface area contributed by atoms with E-state index in [1.807, 2.05) is 6.07 Å². The molecule has 2 aromatic rings. The third kappa shape index (κ3) is 2.67. The van der Waals surface area contributed by atoms with Crippen molar-refractivity contribution >= 4 is 6.29 Å². The molecule has 1 atom stereocenters. The molecule has 0 spiro atoms. The first kappa shape index (κ1) is 12.6. The fourth-order valence-corrected chi connectivity index (χ4v) is 2.16. The van der Waals surface area contributed by atoms with Crippen LogP contribution in [0.1, 0.15) is 30.4 Å². The number of aldehydes is 1. The summed E-state index contributed by atoms with van der Waals surface area (Å²) in [7, 11) is 0. The molecule has 0 N–H and O–H groups in total. The molecule has 0 bridgehead atoms. The Bertz CT molecular complexity index is 529. The molecule has 1 unspecified atom stereocenters. The maximum absolute atomic E-state index is 10.6. The zero-order chi connectivity index (χ0) is 13.0. The summed E-state index contributed by atoms with van der Waals surface area (Å²) in [4.78, 5) is 10.6. The zero-order valence-corrected chi connectivity index (χ0v) is 10.9. The Morgan fingerprint density at radius 1 is 1.11 bits per heavy atom. The van der Waals surface area contributed by atoms with Gasteiger partial charge in [-0.15, -0.1) is 0 Å². The van der Waals surface area contributed by atoms with Gasteiger partial charge in [0.25, 0.3) is 0 Å². The fourth-order valence-electron chi connectivity index (χ4n) is 2.16. The number of hydrogen-bond acceptors (Lipinski definition) is 1. The Hall–Kier alpha value is -1.89. The molecule has 0 radical (unpaired) electrons. The van der Waals surface area contributed by atoms with Gasteiger partial charge in [0.05, 0.1) is 0 Å². The number of benzene rings is 2. The predicted molar refractivity (Wildman–Crippen MR) is 75.7 cm³/mol. The summed E-state index contributed by atoms with van der Waals surface area (Å²) in [6.45, 7) is 4.21. The highest BCUT2D eigenvalue weighted by Crippen LogP contribution is 2.28. The van der Waals surface area contributed by atoms with Crippen molar-refractivity contribution in [2.75, 3.05) is 0 Å². The molecule has 0 aliphatic carbocycles. The van der Waals surface area contributed by atoms with Crippen LogP contribution in [-0.4, -0.2) is 6.29 Å². The van der Waals surface area contributed by atoms with E-state index in [2.05, 4.69) is 56.3 Å². The van der Waals surface area contributed by atoms with E-state index < -0.39 is 0 Å². The van der Waals surface area contributed by atoms with Crippen molar-refractivity contribution < 1.29 is 4.79 Å². The zero-order valence-electron chi connectivity index (χ0n) is 10.9. The maximum atomic E-state index is 10.6. The molecule has 0 heterocycles. The largest absolute Gasteiger partial charge is 0.303 e. The van der Waals surface area contributed by atoms with E-state index in [0.29, 0.717) is 6.42 Å². The van der Waals surface area contributed by atoms with Gasteiger partial charge in [-0.2, -0.15) is 0 Å². The van der Waals surface area contributed by atoms with Crippen molar-refractivity contribution in [3.8, 4) is 11.1 Å². The van der Waals surface area contributed by atoms with Gasteiger partial charge in [-0.25, -0.2) is 0 Å². The first-order valence-electron chi connectivity index (χ1n) is 6.32. The molecule has 0 saturated heterocycles. The molecule has 0 amide bonds. The number of hydrogen-bond donors (Lipinski definition) is 0. The van der Waals surface area contributed by atoms with Crippen LogP contribution in [0.3, 0.4) is 0 Å². The molecule has 2 aromatic carbocycles. The second kappa shape index (κ2) is 5.63. The summed E-state index contributed by atoms with van der Waals surface area (Å²) in [6.07, 6.45) is 1.57. The molecule has 1 heteroatoms. The van der Waals surface area contributed by atoms with Crippen LogP contribution in [0.2, 0.25) is 0 Å². The molecule has 0 saturated carbocycles. The van der Waals surface area contributed by atoms with Crippen molar-refractivity contribution in [1.82, 2.24) is 0 Å². The van der Waals surface area contributed by atoms with E-state index in [4.69, 9.17) is 0 Å². The highest BCUT2D eigenvalue weighted by Gasteiger charge is 2.08. The molecule has 2 rings (SSSR count). The number of carbonyl (C=O) groups excluding carboxylic acids is 1. The van der Waals surface area contributed by atoms with Crippen LogP contribution < -0.4 is 0 Å². The molecule has 92 valence electrons. The Morgan fingerprint density at radius 3 is 2.50 bits per heavy atom. The molecular formula is C17H18O. The van der Waals surface area contributed by atoms with Gasteiger partial charge >= 0.3 is 0 Å². The van der Waals surface area contributed by atoms with Gasteiger partial charge in [-0.3, -0.25) is 0 Å². The van der Waals surface area contributed by atoms with E-state index in [-0.39, 0.29) is 5.92 Å². The molecule has 0 aliphatic heterocycles. The number of carbonyl (C=O) groups is 1. The smallest absolute Gasteiger partial charge is 0.120 e. The SMILES string of the molecule is Cc1ccc(C(C)CC=O)cc1-c1ccccc1. The molecule has 0 fully saturated rings. The highest BCUT2D eigenvalue weighted by atomic mass is 16.1. The van der Waals surface area contributed by atoms with E-state index in [0.717, 1.165) is 6.29 Å². The Labute approximate surface area is 108 Å². The van der Waals surface area contributed by atoms with Crippen molar-refractivity contribution in [1.29, 1.82) is 0 Å². The lowest BCUT2D eigenvalue weighted by Crippen LogP contribution is -1.95. The van der Waals surface area contributed by atoms with Crippen LogP contribution >= 0.6 is 0 Å². The normalized spacial score (nSPS) is 12.1. The highest BCUT2D eigenvalue weighted by molar-refractivity contribution is 5.68. The minimum Gasteiger partial charge on any atom is -0.303 e. The van der Waals surface area contributed by atoms with Gasteiger partial charge in [-0.05, 0) is 35.1 Å². The summed E-state index contributed by atoms with van der Waals surface area (Å²) in [5, 5.41) is 0. The van der Waals surface area contributed by atoms with Gasteiger partial charge in [0, 0.05) is 6.42 Å². The fraction of sp³-hybridized carbons (Fsp3) is 0.235. The third-order valence-electron chi connectivity index (χ3n) is 3.37. The van der Waals surface area contributed by atoms with Gasteiger partial charge in [0.15, 0.2) is 0 Å². The average Bonchev–Trinajstić information content (AvgIpc) is 2.40. The van der Waals surface area contributed by atoms with Gasteiger partial charge in [0.2, 0.25) is 0 Å². The van der Waals surface area contributed by atoms with Crippen LogP contribution in [0.4, 0.5) is 0 Å². The lowest BCUT2D eigenvalue weighted by Gasteiger charge is -2.13. The quantitative estimate of drug-likeness (QED) is 0.723. The molecule has 0 aliphatic rings. The second-order valence-corrected chi connectivity index (χ2v) is 4.74. The van der Waals surface area contributed by atoms with E-state index >= 15 is 0 Å². The lowest BCUT2D eigenvalue weighted by molar-refractivity contribution is -0.108. The van der Waals surface area contributed by atoms with Gasteiger partial charge in [0.1, 0.15) is 6.29 Å². The molecule has 1 nitrogen and oxygen atoms in total. The van der Waals surface area contributed by atoms with Gasteiger partial charge < -0.3 is 4.79 Å². The standard InChI is InChI=1S/C17H18O/c1-13(10-11-18)16-9-8-14(2)17(12-16)15-6-4-3-5-7-15/h3-9,11-13H,10H2,1-2H3. The summed E-state index contributed by atoms with van der Waals surface area (Å²) >= 11 is 0. The minimum atomic E-state index is 0.283. The second-order valence-electron chi connectivity index (χ2n) is 4.74. The van der Waals surface area contributed by atoms with Crippen LogP contribution in [0.15, 0.2) is 48.5 Å². The van der Waals surface area contributed by atoms with Crippen molar-refractivity contribution in [2.45, 2.75) is 26.2 Å². The Morgan fingerprint density at radius 2 is 1.83 bits per heavy atom. The molecule has 0 aromatic heterocycles. The average molecular weight is 238 g/mol. The molecule has 18 heavy (non-hydrogen) atoms. The molecular weight excluding hydrogens is 220 g/mol. The topological polar surface area (TPSA) is 17.1 Å². The number of rotatable bonds is 4. The Balaban J connectivity index is 2.42. The minimum absolute atomic E-state index is 0.283. The maximum Gasteiger partial charge on any atom is 0.120 e. The summed E-state index contributed by atoms with van der Waals surface area (Å²) < 4.78 is 0. The summed E-state index contributed by atoms with van der Waals surface area (Å²) in [5.74, 6) is 0.283. The van der Waals surface area contributed by atoms with E-state index in [1.54, 1.807) is 0 Å². The summed E-state index contributed by atoms with van der Waals surface area (Å²) in [6, 6.07) is 16.8. The monoisotopic (exact) mass is 238 g/mol. The number of aryl methyl sites for hydroxylation is 1. The van der Waals surface area contributed by atoms with Crippen LogP contribution in [0, 0.1) is 6.92 Å². The van der Waals surface area contributed by atoms with Crippen LogP contribution in [0.25, 0.3) is 11.1 Å². The van der Waals surface area contributed by atoms with Crippen molar-refractivity contribution in [3.63, 3.8) is 0 Å². The first-order valence-corrected chi connectivity index (χ1v) is 6.32. The first-order chi connectivity index (χ1) is 8.72. The van der Waals surface area contributed by atoms with Crippen molar-refractivity contribution in [2.24, 2.45) is 0 Å². The predicted octanol–water partition coefficient (Wildman–Crippen LogP) is 4.35. The van der Waals surface area contributed by atoms with Gasteiger partial charge in [-0.1, -0.05) is 55.5 Å². The van der Waals surface area contributed by atoms with Crippen LogP contribution in [-0.2, 0) is 4.79 Å². The Kier molecular flexibility index (Phi) is 3.93. The van der Waals surface area contributed by atoms with Crippen molar-refractivity contribution in [3.05, 3.63) is 59.7 Å². The summed E-state index contributed by atoms with van der Waals surface area (Å²) in [5.41, 5.74) is 4.98. The lowest BCUT2D eigenvalue weighted by atomic mass is 9.92. The van der Waals surface area contributed by atoms with E-state index in [9.17, 15) is 4.79 Å².